The van der Waals surface area contributed by atoms with E-state index >= 15 is 0 Å². The summed E-state index contributed by atoms with van der Waals surface area (Å²) in [5.41, 5.74) is 1.06. The highest BCUT2D eigenvalue weighted by Crippen LogP contribution is 2.47. The number of rotatable bonds is 0. The Kier molecular flexibility index (Phi) is 2.59. The molecular weight excluding hydrogens is 237 g/mol. The molecule has 2 aliphatic rings. The number of benzene rings is 1. The Morgan fingerprint density at radius 2 is 2.11 bits per heavy atom. The minimum Gasteiger partial charge on any atom is -0.388 e. The molecule has 0 aromatic heterocycles. The van der Waals surface area contributed by atoms with Gasteiger partial charge in [0.25, 0.3) is 0 Å². The molecule has 0 amide bonds. The second-order valence-electron chi connectivity index (χ2n) is 4.53. The molecule has 3 rings (SSSR count). The summed E-state index contributed by atoms with van der Waals surface area (Å²) in [6.45, 7) is 0.884. The lowest BCUT2D eigenvalue weighted by Crippen LogP contribution is -2.34. The number of ether oxygens (including phenoxy) is 2. The Balaban J connectivity index is 2.25. The van der Waals surface area contributed by atoms with Crippen LogP contribution >= 0.6 is 0 Å². The zero-order valence-corrected chi connectivity index (χ0v) is 9.65. The first-order valence-electron chi connectivity index (χ1n) is 5.86. The molecule has 1 aliphatic carbocycles. The van der Waals surface area contributed by atoms with E-state index in [1.165, 1.54) is 6.07 Å². The van der Waals surface area contributed by atoms with Gasteiger partial charge in [0.2, 0.25) is 0 Å². The molecule has 18 heavy (non-hydrogen) atoms. The van der Waals surface area contributed by atoms with Crippen molar-refractivity contribution < 1.29 is 19.0 Å². The second-order valence-corrected chi connectivity index (χ2v) is 4.53. The van der Waals surface area contributed by atoms with E-state index in [9.17, 15) is 9.50 Å². The summed E-state index contributed by atoms with van der Waals surface area (Å²) in [5.74, 6) is -1.51. The van der Waals surface area contributed by atoms with E-state index in [1.54, 1.807) is 0 Å². The van der Waals surface area contributed by atoms with Crippen molar-refractivity contribution >= 4 is 0 Å². The zero-order valence-electron chi connectivity index (χ0n) is 9.65. The highest BCUT2D eigenvalue weighted by molar-refractivity contribution is 5.48. The molecule has 1 aromatic rings. The summed E-state index contributed by atoms with van der Waals surface area (Å²) in [6, 6.07) is 4.37. The quantitative estimate of drug-likeness (QED) is 0.760. The fraction of sp³-hybridized carbons (Fsp3) is 0.462. The number of hydrogen-bond acceptors (Lipinski definition) is 4. The summed E-state index contributed by atoms with van der Waals surface area (Å²) in [5, 5.41) is 19.1. The van der Waals surface area contributed by atoms with Crippen LogP contribution in [0, 0.1) is 17.1 Å². The first-order chi connectivity index (χ1) is 8.66. The second kappa shape index (κ2) is 4.02. The maximum Gasteiger partial charge on any atom is 0.196 e. The van der Waals surface area contributed by atoms with Crippen LogP contribution in [0.2, 0.25) is 0 Å². The smallest absolute Gasteiger partial charge is 0.196 e. The van der Waals surface area contributed by atoms with E-state index < -0.39 is 17.7 Å². The van der Waals surface area contributed by atoms with E-state index in [4.69, 9.17) is 14.7 Å². The van der Waals surface area contributed by atoms with Crippen LogP contribution in [0.3, 0.4) is 0 Å². The average Bonchev–Trinajstić information content (AvgIpc) is 2.83. The molecule has 0 radical (unpaired) electrons. The highest BCUT2D eigenvalue weighted by atomic mass is 19.1. The molecule has 0 saturated carbocycles. The SMILES string of the molecule is N#Cc1cc(F)cc2c1C1(CCC2O)OCCO1. The Bertz CT molecular complexity index is 532. The monoisotopic (exact) mass is 249 g/mol. The molecule has 4 nitrogen and oxygen atoms in total. The van der Waals surface area contributed by atoms with Crippen LogP contribution < -0.4 is 0 Å². The number of fused-ring (bicyclic) bond motifs is 2. The van der Waals surface area contributed by atoms with Crippen molar-refractivity contribution in [2.75, 3.05) is 13.2 Å². The van der Waals surface area contributed by atoms with E-state index in [-0.39, 0.29) is 5.56 Å². The molecule has 1 fully saturated rings. The van der Waals surface area contributed by atoms with Crippen molar-refractivity contribution in [1.29, 1.82) is 5.26 Å². The molecule has 1 N–H and O–H groups in total. The summed E-state index contributed by atoms with van der Waals surface area (Å²) in [7, 11) is 0. The van der Waals surface area contributed by atoms with Crippen molar-refractivity contribution in [2.24, 2.45) is 0 Å². The number of aliphatic hydroxyl groups is 1. The molecule has 5 heteroatoms. The molecule has 1 saturated heterocycles. The standard InChI is InChI=1S/C13H12FNO3/c14-9-5-8(7-15)12-10(6-9)11(16)1-2-13(12)17-3-4-18-13/h5-6,11,16H,1-4H2. The van der Waals surface area contributed by atoms with Crippen molar-refractivity contribution in [3.63, 3.8) is 0 Å². The third-order valence-corrected chi connectivity index (χ3v) is 3.49. The largest absolute Gasteiger partial charge is 0.388 e. The fourth-order valence-electron chi connectivity index (χ4n) is 2.75. The van der Waals surface area contributed by atoms with E-state index in [0.29, 0.717) is 37.2 Å². The van der Waals surface area contributed by atoms with Crippen molar-refractivity contribution in [3.05, 3.63) is 34.6 Å². The van der Waals surface area contributed by atoms with Gasteiger partial charge in [0.15, 0.2) is 5.79 Å². The van der Waals surface area contributed by atoms with E-state index in [2.05, 4.69) is 0 Å². The summed E-state index contributed by atoms with van der Waals surface area (Å²) in [4.78, 5) is 0. The van der Waals surface area contributed by atoms with Crippen LogP contribution in [0.1, 0.15) is 35.6 Å². The topological polar surface area (TPSA) is 62.5 Å². The van der Waals surface area contributed by atoms with Gasteiger partial charge in [-0.05, 0) is 24.1 Å². The van der Waals surface area contributed by atoms with Gasteiger partial charge in [-0.3, -0.25) is 0 Å². The average molecular weight is 249 g/mol. The van der Waals surface area contributed by atoms with Crippen LogP contribution in [0.4, 0.5) is 4.39 Å². The van der Waals surface area contributed by atoms with Gasteiger partial charge in [0.1, 0.15) is 5.82 Å². The predicted octanol–water partition coefficient (Wildman–Crippen LogP) is 1.72. The van der Waals surface area contributed by atoms with Crippen LogP contribution in [0.5, 0.6) is 0 Å². The van der Waals surface area contributed by atoms with Gasteiger partial charge < -0.3 is 14.6 Å². The van der Waals surface area contributed by atoms with Crippen LogP contribution in [0.15, 0.2) is 12.1 Å². The van der Waals surface area contributed by atoms with Gasteiger partial charge in [0, 0.05) is 12.0 Å². The summed E-state index contributed by atoms with van der Waals surface area (Å²) >= 11 is 0. The third kappa shape index (κ3) is 1.54. The van der Waals surface area contributed by atoms with E-state index in [0.717, 1.165) is 6.07 Å². The molecule has 1 heterocycles. The molecule has 1 aromatic carbocycles. The Hall–Kier alpha value is -1.48. The van der Waals surface area contributed by atoms with Gasteiger partial charge in [-0.15, -0.1) is 0 Å². The lowest BCUT2D eigenvalue weighted by molar-refractivity contribution is -0.182. The molecule has 94 valence electrons. The predicted molar refractivity (Wildman–Crippen MR) is 58.9 cm³/mol. The van der Waals surface area contributed by atoms with Crippen LogP contribution in [-0.4, -0.2) is 18.3 Å². The molecule has 1 unspecified atom stereocenters. The zero-order chi connectivity index (χ0) is 12.8. The Morgan fingerprint density at radius 3 is 2.78 bits per heavy atom. The Morgan fingerprint density at radius 1 is 1.39 bits per heavy atom. The number of nitrogens with zero attached hydrogens (tertiary/aromatic N) is 1. The van der Waals surface area contributed by atoms with Gasteiger partial charge in [-0.25, -0.2) is 4.39 Å². The summed E-state index contributed by atoms with van der Waals surface area (Å²) in [6.07, 6.45) is 0.129. The normalized spacial score (nSPS) is 24.8. The van der Waals surface area contributed by atoms with Crippen molar-refractivity contribution in [2.45, 2.75) is 24.7 Å². The molecule has 1 spiro atoms. The van der Waals surface area contributed by atoms with Crippen LogP contribution in [-0.2, 0) is 15.3 Å². The Labute approximate surface area is 104 Å². The van der Waals surface area contributed by atoms with Gasteiger partial charge in [-0.1, -0.05) is 0 Å². The molecular formula is C13H12FNO3. The first kappa shape index (κ1) is 11.6. The number of aliphatic hydroxyl groups excluding tert-OH is 1. The minimum atomic E-state index is -0.979. The van der Waals surface area contributed by atoms with Crippen LogP contribution in [0.25, 0.3) is 0 Å². The molecule has 1 aliphatic heterocycles. The highest BCUT2D eigenvalue weighted by Gasteiger charge is 2.46. The maximum absolute atomic E-state index is 13.4. The lowest BCUT2D eigenvalue weighted by Gasteiger charge is -2.36. The lowest BCUT2D eigenvalue weighted by atomic mass is 9.82. The minimum absolute atomic E-state index is 0.172. The number of hydrogen-bond donors (Lipinski definition) is 1. The first-order valence-corrected chi connectivity index (χ1v) is 5.86. The molecule has 1 atom stereocenters. The van der Waals surface area contributed by atoms with Gasteiger partial charge in [-0.2, -0.15) is 5.26 Å². The van der Waals surface area contributed by atoms with E-state index in [1.807, 2.05) is 6.07 Å². The van der Waals surface area contributed by atoms with Crippen molar-refractivity contribution in [1.82, 2.24) is 0 Å². The fourth-order valence-corrected chi connectivity index (χ4v) is 2.75. The van der Waals surface area contributed by atoms with Crippen molar-refractivity contribution in [3.8, 4) is 6.07 Å². The number of halogens is 1. The van der Waals surface area contributed by atoms with Gasteiger partial charge in [0.05, 0.1) is 31.0 Å². The van der Waals surface area contributed by atoms with Gasteiger partial charge >= 0.3 is 0 Å². The maximum atomic E-state index is 13.4. The molecule has 0 bridgehead atoms. The third-order valence-electron chi connectivity index (χ3n) is 3.49. The summed E-state index contributed by atoms with van der Waals surface area (Å²) < 4.78 is 24.7. The number of nitriles is 1.